The first kappa shape index (κ1) is 16.5. The van der Waals surface area contributed by atoms with Crippen LogP contribution in [0.4, 0.5) is 0 Å². The summed E-state index contributed by atoms with van der Waals surface area (Å²) in [5.74, 6) is 0.576. The van der Waals surface area contributed by atoms with E-state index < -0.39 is 8.32 Å². The molecule has 1 aliphatic carbocycles. The fourth-order valence-electron chi connectivity index (χ4n) is 4.04. The van der Waals surface area contributed by atoms with Crippen molar-refractivity contribution in [1.29, 1.82) is 0 Å². The van der Waals surface area contributed by atoms with Crippen LogP contribution in [0, 0.1) is 5.92 Å². The van der Waals surface area contributed by atoms with Gasteiger partial charge in [-0.1, -0.05) is 27.2 Å². The zero-order valence-electron chi connectivity index (χ0n) is 15.4. The Morgan fingerprint density at radius 3 is 2.83 bits per heavy atom. The molecule has 0 bridgehead atoms. The molecule has 2 aliphatic rings. The molecule has 3 nitrogen and oxygen atoms in total. The summed E-state index contributed by atoms with van der Waals surface area (Å²) in [5.41, 5.74) is 2.68. The van der Waals surface area contributed by atoms with E-state index in [1.165, 1.54) is 35.4 Å². The van der Waals surface area contributed by atoms with Crippen LogP contribution in [-0.4, -0.2) is 24.0 Å². The summed E-state index contributed by atoms with van der Waals surface area (Å²) in [5, 5.41) is 2.50. The van der Waals surface area contributed by atoms with E-state index >= 15 is 0 Å². The molecule has 2 aromatic rings. The number of fused-ring (bicyclic) bond motifs is 3. The number of rotatable bonds is 3. The molecule has 2 aromatic heterocycles. The number of aromatic nitrogens is 2. The molecule has 3 unspecified atom stereocenters. The van der Waals surface area contributed by atoms with E-state index in [0.717, 1.165) is 0 Å². The lowest BCUT2D eigenvalue weighted by atomic mass is 9.95. The van der Waals surface area contributed by atoms with Crippen molar-refractivity contribution in [2.75, 3.05) is 0 Å². The van der Waals surface area contributed by atoms with Gasteiger partial charge in [-0.15, -0.1) is 11.3 Å². The molecule has 3 heterocycles. The molecule has 0 N–H and O–H groups in total. The van der Waals surface area contributed by atoms with Gasteiger partial charge in [-0.2, -0.15) is 0 Å². The third-order valence-electron chi connectivity index (χ3n) is 6.37. The van der Waals surface area contributed by atoms with Gasteiger partial charge in [0.25, 0.3) is 0 Å². The maximum absolute atomic E-state index is 6.88. The number of nitrogens with zero attached hydrogens (tertiary/aromatic N) is 2. The van der Waals surface area contributed by atoms with Crippen molar-refractivity contribution in [3.63, 3.8) is 0 Å². The van der Waals surface area contributed by atoms with Gasteiger partial charge in [0.1, 0.15) is 0 Å². The van der Waals surface area contributed by atoms with Gasteiger partial charge < -0.3 is 8.99 Å². The summed E-state index contributed by atoms with van der Waals surface area (Å²) >= 11 is 1.90. The molecule has 130 valence electrons. The smallest absolute Gasteiger partial charge is 0.192 e. The average Bonchev–Trinajstić information content (AvgIpc) is 3.19. The Hall–Kier alpha value is -0.913. The van der Waals surface area contributed by atoms with Crippen LogP contribution >= 0.6 is 11.3 Å². The van der Waals surface area contributed by atoms with E-state index in [-0.39, 0.29) is 5.04 Å². The summed E-state index contributed by atoms with van der Waals surface area (Å²) in [7, 11) is -1.74. The van der Waals surface area contributed by atoms with Gasteiger partial charge in [-0.25, -0.2) is 4.98 Å². The molecule has 4 rings (SSSR count). The van der Waals surface area contributed by atoms with Crippen LogP contribution in [0.5, 0.6) is 0 Å². The van der Waals surface area contributed by atoms with E-state index in [4.69, 9.17) is 4.43 Å². The summed E-state index contributed by atoms with van der Waals surface area (Å²) < 4.78 is 9.28. The monoisotopic (exact) mass is 360 g/mol. The van der Waals surface area contributed by atoms with Crippen molar-refractivity contribution < 1.29 is 4.43 Å². The zero-order chi connectivity index (χ0) is 17.1. The van der Waals surface area contributed by atoms with Crippen LogP contribution in [0.15, 0.2) is 24.0 Å². The number of imidazole rings is 1. The zero-order valence-corrected chi connectivity index (χ0v) is 17.2. The van der Waals surface area contributed by atoms with Gasteiger partial charge in [0.15, 0.2) is 8.32 Å². The Labute approximate surface area is 150 Å². The van der Waals surface area contributed by atoms with Gasteiger partial charge >= 0.3 is 0 Å². The van der Waals surface area contributed by atoms with Gasteiger partial charge in [-0.05, 0) is 42.4 Å². The summed E-state index contributed by atoms with van der Waals surface area (Å²) in [6.45, 7) is 11.8. The molecule has 0 saturated heterocycles. The lowest BCUT2D eigenvalue weighted by molar-refractivity contribution is 0.121. The molecule has 0 aromatic carbocycles. The highest BCUT2D eigenvalue weighted by Gasteiger charge is 2.46. The highest BCUT2D eigenvalue weighted by atomic mass is 32.1. The summed E-state index contributed by atoms with van der Waals surface area (Å²) in [4.78, 5) is 5.94. The van der Waals surface area contributed by atoms with Gasteiger partial charge in [0, 0.05) is 16.4 Å². The maximum Gasteiger partial charge on any atom is 0.192 e. The minimum Gasteiger partial charge on any atom is -0.414 e. The lowest BCUT2D eigenvalue weighted by Crippen LogP contribution is -2.45. The Kier molecular flexibility index (Phi) is 3.82. The molecule has 0 amide bonds. The maximum atomic E-state index is 6.88. The van der Waals surface area contributed by atoms with Crippen molar-refractivity contribution in [1.82, 2.24) is 9.55 Å². The number of thiophene rings is 1. The van der Waals surface area contributed by atoms with Crippen LogP contribution in [0.25, 0.3) is 11.3 Å². The van der Waals surface area contributed by atoms with Crippen molar-refractivity contribution >= 4 is 19.7 Å². The van der Waals surface area contributed by atoms with Crippen molar-refractivity contribution in [3.8, 4) is 11.3 Å². The van der Waals surface area contributed by atoms with Gasteiger partial charge in [-0.3, -0.25) is 0 Å². The third kappa shape index (κ3) is 2.44. The molecule has 0 spiro atoms. The first-order valence-electron chi connectivity index (χ1n) is 9.07. The van der Waals surface area contributed by atoms with Crippen molar-refractivity contribution in [3.05, 3.63) is 28.8 Å². The predicted molar refractivity (Wildman–Crippen MR) is 103 cm³/mol. The molecule has 24 heavy (non-hydrogen) atoms. The van der Waals surface area contributed by atoms with Crippen LogP contribution < -0.4 is 0 Å². The standard InChI is InChI=1S/C19H28N2OSSi/c1-19(2,3)24(4,5)22-16-8-6-7-14(16)17-18-13(9-10-23-18)15-11-20-12-21(15)17/h9-12,14,16-17H,6-8H2,1-5H3. The van der Waals surface area contributed by atoms with Crippen LogP contribution in [-0.2, 0) is 4.43 Å². The van der Waals surface area contributed by atoms with E-state index in [0.29, 0.717) is 18.1 Å². The van der Waals surface area contributed by atoms with E-state index in [1.54, 1.807) is 0 Å². The van der Waals surface area contributed by atoms with E-state index in [1.807, 2.05) is 23.9 Å². The topological polar surface area (TPSA) is 27.1 Å². The highest BCUT2D eigenvalue weighted by Crippen LogP contribution is 2.51. The Morgan fingerprint density at radius 1 is 1.29 bits per heavy atom. The Balaban J connectivity index is 1.65. The second-order valence-electron chi connectivity index (χ2n) is 8.84. The lowest BCUT2D eigenvalue weighted by Gasteiger charge is -2.41. The van der Waals surface area contributed by atoms with Crippen LogP contribution in [0.2, 0.25) is 18.1 Å². The van der Waals surface area contributed by atoms with Gasteiger partial charge in [0.05, 0.1) is 30.4 Å². The quantitative estimate of drug-likeness (QED) is 0.656. The van der Waals surface area contributed by atoms with Crippen LogP contribution in [0.3, 0.4) is 0 Å². The van der Waals surface area contributed by atoms with Crippen LogP contribution in [0.1, 0.15) is 51.0 Å². The minimum atomic E-state index is -1.74. The van der Waals surface area contributed by atoms with Crippen molar-refractivity contribution in [2.45, 2.75) is 70.3 Å². The van der Waals surface area contributed by atoms with Gasteiger partial charge in [0.2, 0.25) is 0 Å². The fourth-order valence-corrected chi connectivity index (χ4v) is 6.52. The predicted octanol–water partition coefficient (Wildman–Crippen LogP) is 5.70. The fraction of sp³-hybridized carbons (Fsp3) is 0.632. The molecular weight excluding hydrogens is 332 g/mol. The first-order chi connectivity index (χ1) is 11.3. The highest BCUT2D eigenvalue weighted by molar-refractivity contribution is 7.10. The van der Waals surface area contributed by atoms with Crippen molar-refractivity contribution in [2.24, 2.45) is 5.92 Å². The SMILES string of the molecule is CC(C)(C)[Si](C)(C)OC1CCCC1C1c2sccc2-c2cncn21. The molecule has 1 saturated carbocycles. The normalized spacial score (nSPS) is 26.6. The molecule has 1 aliphatic heterocycles. The Bertz CT molecular complexity index is 702. The molecule has 3 atom stereocenters. The molecule has 5 heteroatoms. The second-order valence-corrected chi connectivity index (χ2v) is 14.5. The molecule has 0 radical (unpaired) electrons. The molecular formula is C19H28N2OSSi. The van der Waals surface area contributed by atoms with E-state index in [9.17, 15) is 0 Å². The number of hydrogen-bond donors (Lipinski definition) is 0. The summed E-state index contributed by atoms with van der Waals surface area (Å²) in [6.07, 6.45) is 8.18. The minimum absolute atomic E-state index is 0.268. The average molecular weight is 361 g/mol. The number of hydrogen-bond acceptors (Lipinski definition) is 3. The Morgan fingerprint density at radius 2 is 2.08 bits per heavy atom. The largest absolute Gasteiger partial charge is 0.414 e. The second kappa shape index (κ2) is 5.54. The third-order valence-corrected chi connectivity index (χ3v) is 11.9. The summed E-state index contributed by atoms with van der Waals surface area (Å²) in [6, 6.07) is 2.68. The van der Waals surface area contributed by atoms with E-state index in [2.05, 4.69) is 54.9 Å². The molecule has 1 fully saturated rings. The first-order valence-corrected chi connectivity index (χ1v) is 12.9.